The lowest BCUT2D eigenvalue weighted by Crippen LogP contribution is -2.57. The molecule has 31 heavy (non-hydrogen) atoms. The number of aromatic nitrogens is 2. The maximum Gasteiger partial charge on any atom is 0.326 e. The Balaban J connectivity index is 2.56. The minimum absolute atomic E-state index is 0.0244. The van der Waals surface area contributed by atoms with Crippen LogP contribution in [0.5, 0.6) is 0 Å². The fourth-order valence-electron chi connectivity index (χ4n) is 2.64. The van der Waals surface area contributed by atoms with E-state index in [9.17, 15) is 29.4 Å². The Morgan fingerprint density at radius 1 is 1.19 bits per heavy atom. The highest BCUT2D eigenvalue weighted by molar-refractivity contribution is 5.92. The molecule has 1 aromatic rings. The van der Waals surface area contributed by atoms with Gasteiger partial charge in [-0.15, -0.1) is 0 Å². The minimum atomic E-state index is -1.33. The fraction of sp³-hybridized carbons (Fsp3) is 0.611. The van der Waals surface area contributed by atoms with Crippen molar-refractivity contribution in [1.29, 1.82) is 0 Å². The first-order chi connectivity index (χ1) is 14.6. The van der Waals surface area contributed by atoms with Crippen LogP contribution < -0.4 is 27.4 Å². The number of hydrogen-bond acceptors (Lipinski definition) is 8. The molecule has 4 atom stereocenters. The average molecular weight is 441 g/mol. The lowest BCUT2D eigenvalue weighted by molar-refractivity contribution is -0.141. The average Bonchev–Trinajstić information content (AvgIpc) is 3.22. The number of aliphatic hydroxyl groups excluding tert-OH is 1. The number of nitrogens with zero attached hydrogens (tertiary/aromatic N) is 1. The number of rotatable bonds is 14. The molecule has 1 rings (SSSR count). The normalized spacial score (nSPS) is 14.7. The highest BCUT2D eigenvalue weighted by atomic mass is 16.4. The lowest BCUT2D eigenvalue weighted by Gasteiger charge is -2.23. The molecule has 0 aliphatic rings. The SMILES string of the molecule is CC(O)C(NC(=O)C(N)CCCCN)C(=O)NCC(=O)NC(Cc1cnc[nH]1)C(=O)O. The van der Waals surface area contributed by atoms with E-state index in [1.165, 1.54) is 19.4 Å². The number of amides is 3. The van der Waals surface area contributed by atoms with Gasteiger partial charge in [0.2, 0.25) is 17.7 Å². The summed E-state index contributed by atoms with van der Waals surface area (Å²) in [5, 5.41) is 26.0. The number of carbonyl (C=O) groups excluding carboxylic acids is 3. The summed E-state index contributed by atoms with van der Waals surface area (Å²) in [7, 11) is 0. The molecule has 13 heteroatoms. The molecule has 0 saturated carbocycles. The van der Waals surface area contributed by atoms with Gasteiger partial charge in [-0.2, -0.15) is 0 Å². The van der Waals surface area contributed by atoms with Crippen molar-refractivity contribution in [2.24, 2.45) is 11.5 Å². The summed E-state index contributed by atoms with van der Waals surface area (Å²) in [6.45, 7) is 1.22. The lowest BCUT2D eigenvalue weighted by atomic mass is 10.1. The summed E-state index contributed by atoms with van der Waals surface area (Å²) < 4.78 is 0. The van der Waals surface area contributed by atoms with Crippen molar-refractivity contribution in [3.05, 3.63) is 18.2 Å². The minimum Gasteiger partial charge on any atom is -0.480 e. The Hall–Kier alpha value is -3.03. The second-order valence-corrected chi connectivity index (χ2v) is 7.07. The Bertz CT molecular complexity index is 725. The number of carboxylic acid groups (broad SMARTS) is 1. The fourth-order valence-corrected chi connectivity index (χ4v) is 2.64. The summed E-state index contributed by atoms with van der Waals surface area (Å²) in [4.78, 5) is 54.4. The molecule has 10 N–H and O–H groups in total. The number of carbonyl (C=O) groups is 4. The number of aromatic amines is 1. The van der Waals surface area contributed by atoms with Crippen molar-refractivity contribution in [3.8, 4) is 0 Å². The van der Waals surface area contributed by atoms with Crippen LogP contribution in [-0.4, -0.2) is 81.2 Å². The van der Waals surface area contributed by atoms with Crippen molar-refractivity contribution < 1.29 is 29.4 Å². The molecule has 0 bridgehead atoms. The highest BCUT2D eigenvalue weighted by Gasteiger charge is 2.28. The maximum absolute atomic E-state index is 12.3. The van der Waals surface area contributed by atoms with Crippen molar-refractivity contribution in [2.75, 3.05) is 13.1 Å². The molecular formula is C18H31N7O6. The zero-order valence-electron chi connectivity index (χ0n) is 17.3. The van der Waals surface area contributed by atoms with Crippen LogP contribution >= 0.6 is 0 Å². The number of hydrogen-bond donors (Lipinski definition) is 8. The Kier molecular flexibility index (Phi) is 11.2. The number of nitrogens with two attached hydrogens (primary N) is 2. The quantitative estimate of drug-likeness (QED) is 0.137. The maximum atomic E-state index is 12.3. The highest BCUT2D eigenvalue weighted by Crippen LogP contribution is 2.01. The van der Waals surface area contributed by atoms with E-state index < -0.39 is 54.5 Å². The third kappa shape index (κ3) is 9.55. The number of H-pyrrole nitrogens is 1. The molecule has 4 unspecified atom stereocenters. The second-order valence-electron chi connectivity index (χ2n) is 7.07. The van der Waals surface area contributed by atoms with E-state index in [1.807, 2.05) is 0 Å². The smallest absolute Gasteiger partial charge is 0.326 e. The van der Waals surface area contributed by atoms with Crippen molar-refractivity contribution >= 4 is 23.7 Å². The third-order valence-corrected chi connectivity index (χ3v) is 4.40. The van der Waals surface area contributed by atoms with Gasteiger partial charge in [0.1, 0.15) is 12.1 Å². The van der Waals surface area contributed by atoms with Crippen LogP contribution in [0.4, 0.5) is 0 Å². The van der Waals surface area contributed by atoms with Crippen LogP contribution in [-0.2, 0) is 25.6 Å². The zero-order chi connectivity index (χ0) is 23.4. The van der Waals surface area contributed by atoms with Gasteiger partial charge in [-0.1, -0.05) is 6.42 Å². The summed E-state index contributed by atoms with van der Waals surface area (Å²) >= 11 is 0. The van der Waals surface area contributed by atoms with Crippen LogP contribution in [0.3, 0.4) is 0 Å². The largest absolute Gasteiger partial charge is 0.480 e. The Labute approximate surface area is 179 Å². The molecule has 1 aromatic heterocycles. The van der Waals surface area contributed by atoms with Gasteiger partial charge in [-0.3, -0.25) is 14.4 Å². The van der Waals surface area contributed by atoms with Gasteiger partial charge in [-0.05, 0) is 26.3 Å². The molecule has 0 fully saturated rings. The predicted octanol–water partition coefficient (Wildman–Crippen LogP) is -3.04. The summed E-state index contributed by atoms with van der Waals surface area (Å²) in [6.07, 6.45) is 3.24. The molecule has 0 aliphatic heterocycles. The number of unbranched alkanes of at least 4 members (excludes halogenated alkanes) is 1. The van der Waals surface area contributed by atoms with E-state index in [4.69, 9.17) is 11.5 Å². The zero-order valence-corrected chi connectivity index (χ0v) is 17.3. The first kappa shape index (κ1) is 26.0. The molecule has 3 amide bonds. The molecule has 0 radical (unpaired) electrons. The molecule has 0 saturated heterocycles. The van der Waals surface area contributed by atoms with Gasteiger partial charge in [0.05, 0.1) is 25.0 Å². The van der Waals surface area contributed by atoms with E-state index in [-0.39, 0.29) is 6.42 Å². The standard InChI is InChI=1S/C18H31N7O6/c1-10(26)15(25-16(28)12(20)4-2-3-5-19)17(29)22-8-14(27)24-13(18(30)31)6-11-7-21-9-23-11/h7,9-10,12-13,15,26H,2-6,8,19-20H2,1H3,(H,21,23)(H,22,29)(H,24,27)(H,25,28)(H,30,31). The molecule has 0 aromatic carbocycles. The number of aliphatic hydroxyl groups is 1. The van der Waals surface area contributed by atoms with Crippen LogP contribution in [0.2, 0.25) is 0 Å². The van der Waals surface area contributed by atoms with E-state index in [0.29, 0.717) is 31.5 Å². The van der Waals surface area contributed by atoms with Gasteiger partial charge in [0, 0.05) is 18.3 Å². The molecule has 174 valence electrons. The van der Waals surface area contributed by atoms with Crippen molar-refractivity contribution in [2.45, 2.75) is 56.8 Å². The van der Waals surface area contributed by atoms with Gasteiger partial charge in [0.25, 0.3) is 0 Å². The number of imidazole rings is 1. The Morgan fingerprint density at radius 3 is 2.45 bits per heavy atom. The van der Waals surface area contributed by atoms with Crippen LogP contribution in [0.25, 0.3) is 0 Å². The summed E-state index contributed by atoms with van der Waals surface area (Å²) in [6, 6.07) is -3.44. The molecule has 0 aliphatic carbocycles. The van der Waals surface area contributed by atoms with Gasteiger partial charge in [0.15, 0.2) is 0 Å². The number of carboxylic acids is 1. The second kappa shape index (κ2) is 13.3. The molecule has 13 nitrogen and oxygen atoms in total. The monoisotopic (exact) mass is 441 g/mol. The van der Waals surface area contributed by atoms with Gasteiger partial charge in [-0.25, -0.2) is 9.78 Å². The van der Waals surface area contributed by atoms with Gasteiger partial charge >= 0.3 is 5.97 Å². The summed E-state index contributed by atoms with van der Waals surface area (Å²) in [5.74, 6) is -3.44. The van der Waals surface area contributed by atoms with Crippen LogP contribution in [0.1, 0.15) is 31.9 Å². The van der Waals surface area contributed by atoms with Crippen LogP contribution in [0.15, 0.2) is 12.5 Å². The van der Waals surface area contributed by atoms with E-state index in [0.717, 1.165) is 0 Å². The van der Waals surface area contributed by atoms with Crippen molar-refractivity contribution in [3.63, 3.8) is 0 Å². The third-order valence-electron chi connectivity index (χ3n) is 4.40. The topological polar surface area (TPSA) is 226 Å². The van der Waals surface area contributed by atoms with Gasteiger partial charge < -0.3 is 42.6 Å². The number of aliphatic carboxylic acids is 1. The van der Waals surface area contributed by atoms with Crippen LogP contribution in [0, 0.1) is 0 Å². The van der Waals surface area contributed by atoms with E-state index >= 15 is 0 Å². The first-order valence-corrected chi connectivity index (χ1v) is 9.86. The molecule has 1 heterocycles. The summed E-state index contributed by atoms with van der Waals surface area (Å²) in [5.41, 5.74) is 11.7. The predicted molar refractivity (Wildman–Crippen MR) is 109 cm³/mol. The molecular weight excluding hydrogens is 410 g/mol. The van der Waals surface area contributed by atoms with E-state index in [2.05, 4.69) is 25.9 Å². The van der Waals surface area contributed by atoms with Crippen molar-refractivity contribution in [1.82, 2.24) is 25.9 Å². The first-order valence-electron chi connectivity index (χ1n) is 9.86. The number of nitrogens with one attached hydrogen (secondary N) is 4. The Morgan fingerprint density at radius 2 is 1.90 bits per heavy atom. The molecule has 0 spiro atoms. The van der Waals surface area contributed by atoms with E-state index in [1.54, 1.807) is 0 Å².